The Kier molecular flexibility index (Phi) is 6.64. The molecule has 0 atom stereocenters. The zero-order valence-corrected chi connectivity index (χ0v) is 27.8. The molecule has 0 unspecified atom stereocenters. The van der Waals surface area contributed by atoms with Crippen LogP contribution >= 0.6 is 11.8 Å². The largest absolute Gasteiger partial charge is 0.224 e. The molecule has 2 heterocycles. The third-order valence-corrected chi connectivity index (χ3v) is 11.3. The molecule has 50 heavy (non-hydrogen) atoms. The van der Waals surface area contributed by atoms with Gasteiger partial charge in [0, 0.05) is 26.5 Å². The molecule has 0 amide bonds. The highest BCUT2D eigenvalue weighted by atomic mass is 32.2. The summed E-state index contributed by atoms with van der Waals surface area (Å²) < 4.78 is 0. The molecule has 1 aromatic heterocycles. The van der Waals surface area contributed by atoms with Crippen LogP contribution in [0.1, 0.15) is 22.3 Å². The van der Waals surface area contributed by atoms with Crippen LogP contribution in [0.25, 0.3) is 56.2 Å². The van der Waals surface area contributed by atoms with Crippen LogP contribution in [0.15, 0.2) is 186 Å². The first-order valence-electron chi connectivity index (χ1n) is 16.9. The van der Waals surface area contributed by atoms with Crippen molar-refractivity contribution < 1.29 is 0 Å². The van der Waals surface area contributed by atoms with E-state index in [9.17, 15) is 0 Å². The number of benzene rings is 7. The average Bonchev–Trinajstić information content (AvgIpc) is 3.49. The van der Waals surface area contributed by atoms with Crippen LogP contribution in [-0.4, -0.2) is 15.2 Å². The fraction of sp³-hybridized carbons (Fsp3) is 0.0217. The quantitative estimate of drug-likeness (QED) is 0.189. The minimum atomic E-state index is -0.395. The van der Waals surface area contributed by atoms with Gasteiger partial charge in [-0.05, 0) is 56.6 Å². The maximum absolute atomic E-state index is 5.10. The monoisotopic (exact) mass is 655 g/mol. The lowest BCUT2D eigenvalue weighted by Crippen LogP contribution is -2.31. The van der Waals surface area contributed by atoms with E-state index in [-0.39, 0.29) is 0 Å². The molecular weight excluding hydrogens is 627 g/mol. The Bertz CT molecular complexity index is 2520. The average molecular weight is 656 g/mol. The van der Waals surface area contributed by atoms with Crippen LogP contribution < -0.4 is 0 Å². The van der Waals surface area contributed by atoms with E-state index in [0.29, 0.717) is 5.82 Å². The summed E-state index contributed by atoms with van der Waals surface area (Å²) in [6, 6.07) is 62.7. The molecule has 0 saturated carbocycles. The Morgan fingerprint density at radius 1 is 0.360 bits per heavy atom. The highest BCUT2D eigenvalue weighted by Crippen LogP contribution is 2.63. The van der Waals surface area contributed by atoms with E-state index in [1.165, 1.54) is 48.7 Å². The van der Waals surface area contributed by atoms with Gasteiger partial charge in [-0.3, -0.25) is 0 Å². The Labute approximate surface area is 295 Å². The van der Waals surface area contributed by atoms with Crippen molar-refractivity contribution in [2.45, 2.75) is 15.2 Å². The predicted octanol–water partition coefficient (Wildman–Crippen LogP) is 11.4. The van der Waals surface area contributed by atoms with Crippen molar-refractivity contribution in [3.63, 3.8) is 0 Å². The van der Waals surface area contributed by atoms with Crippen LogP contribution in [0.3, 0.4) is 0 Å². The number of rotatable bonds is 4. The number of hydrogen-bond acceptors (Lipinski definition) is 4. The topological polar surface area (TPSA) is 38.7 Å². The van der Waals surface area contributed by atoms with Gasteiger partial charge in [-0.1, -0.05) is 176 Å². The minimum absolute atomic E-state index is 0.395. The van der Waals surface area contributed by atoms with Gasteiger partial charge in [0.05, 0.1) is 5.41 Å². The second-order valence-corrected chi connectivity index (χ2v) is 13.8. The van der Waals surface area contributed by atoms with E-state index in [0.717, 1.165) is 33.6 Å². The zero-order valence-electron chi connectivity index (χ0n) is 27.0. The van der Waals surface area contributed by atoms with Crippen molar-refractivity contribution in [2.75, 3.05) is 0 Å². The standard InChI is InChI=1S/C46H29N3S/c1-3-14-31(15-4-1)43-44(32-16-5-2-6-17-32)48-49-45(47-43)33-28-26-30(27-29-33)34-19-13-23-39-42(34)35-18-7-8-20-36(35)46(39)37-21-9-11-24-40(37)50-41-25-12-10-22-38(41)46/h1-29H. The van der Waals surface area contributed by atoms with Crippen molar-refractivity contribution in [1.82, 2.24) is 15.2 Å². The number of hydrogen-bond donors (Lipinski definition) is 0. The van der Waals surface area contributed by atoms with Crippen LogP contribution in [-0.2, 0) is 5.41 Å². The Morgan fingerprint density at radius 2 is 0.880 bits per heavy atom. The van der Waals surface area contributed by atoms with Crippen molar-refractivity contribution in [3.05, 3.63) is 198 Å². The van der Waals surface area contributed by atoms with Gasteiger partial charge >= 0.3 is 0 Å². The minimum Gasteiger partial charge on any atom is -0.224 e. The first-order chi connectivity index (χ1) is 24.8. The van der Waals surface area contributed by atoms with Crippen molar-refractivity contribution in [3.8, 4) is 56.2 Å². The Morgan fingerprint density at radius 3 is 1.56 bits per heavy atom. The van der Waals surface area contributed by atoms with E-state index in [1.807, 2.05) is 48.2 Å². The molecule has 10 rings (SSSR count). The summed E-state index contributed by atoms with van der Waals surface area (Å²) in [7, 11) is 0. The summed E-state index contributed by atoms with van der Waals surface area (Å²) in [5.41, 5.74) is 14.4. The molecular formula is C46H29N3S. The first-order valence-corrected chi connectivity index (χ1v) is 17.7. The molecule has 1 aliphatic heterocycles. The maximum atomic E-state index is 5.10. The van der Waals surface area contributed by atoms with Gasteiger partial charge in [-0.2, -0.15) is 0 Å². The molecule has 8 aromatic rings. The molecule has 3 nitrogen and oxygen atoms in total. The van der Waals surface area contributed by atoms with E-state index in [2.05, 4.69) is 145 Å². The molecule has 1 aliphatic carbocycles. The van der Waals surface area contributed by atoms with Gasteiger partial charge in [0.25, 0.3) is 0 Å². The van der Waals surface area contributed by atoms with E-state index < -0.39 is 5.41 Å². The van der Waals surface area contributed by atoms with Gasteiger partial charge in [0.1, 0.15) is 11.4 Å². The first kappa shape index (κ1) is 28.9. The predicted molar refractivity (Wildman–Crippen MR) is 203 cm³/mol. The second-order valence-electron chi connectivity index (χ2n) is 12.8. The molecule has 0 bridgehead atoms. The summed E-state index contributed by atoms with van der Waals surface area (Å²) in [5, 5.41) is 9.36. The molecule has 234 valence electrons. The highest BCUT2D eigenvalue weighted by Gasteiger charge is 2.50. The summed E-state index contributed by atoms with van der Waals surface area (Å²) in [6.07, 6.45) is 0. The summed E-state index contributed by atoms with van der Waals surface area (Å²) in [4.78, 5) is 7.72. The third kappa shape index (κ3) is 4.28. The van der Waals surface area contributed by atoms with Gasteiger partial charge < -0.3 is 0 Å². The van der Waals surface area contributed by atoms with Gasteiger partial charge in [-0.15, -0.1) is 10.2 Å². The normalized spacial score (nSPS) is 13.3. The van der Waals surface area contributed by atoms with Crippen molar-refractivity contribution >= 4 is 11.8 Å². The van der Waals surface area contributed by atoms with Crippen LogP contribution in [0.5, 0.6) is 0 Å². The molecule has 4 heteroatoms. The number of aromatic nitrogens is 3. The van der Waals surface area contributed by atoms with E-state index in [1.54, 1.807) is 0 Å². The van der Waals surface area contributed by atoms with E-state index >= 15 is 0 Å². The highest BCUT2D eigenvalue weighted by molar-refractivity contribution is 7.99. The number of nitrogens with zero attached hydrogens (tertiary/aromatic N) is 3. The summed E-state index contributed by atoms with van der Waals surface area (Å²) in [6.45, 7) is 0. The second kappa shape index (κ2) is 11.5. The number of fused-ring (bicyclic) bond motifs is 9. The van der Waals surface area contributed by atoms with E-state index in [4.69, 9.17) is 10.1 Å². The lowest BCUT2D eigenvalue weighted by molar-refractivity contribution is 0.722. The smallest absolute Gasteiger partial charge is 0.182 e. The third-order valence-electron chi connectivity index (χ3n) is 10.1. The molecule has 0 radical (unpaired) electrons. The van der Waals surface area contributed by atoms with Gasteiger partial charge in [0.15, 0.2) is 5.82 Å². The Hall–Kier alpha value is -6.10. The summed E-state index contributed by atoms with van der Waals surface area (Å²) in [5.74, 6) is 0.602. The molecule has 1 spiro atoms. The van der Waals surface area contributed by atoms with Gasteiger partial charge in [-0.25, -0.2) is 4.98 Å². The van der Waals surface area contributed by atoms with Crippen LogP contribution in [0, 0.1) is 0 Å². The molecule has 0 N–H and O–H groups in total. The SMILES string of the molecule is c1ccc(-c2nnc(-c3ccc(-c4cccc5c4-c4ccccc4C54c5ccccc5Sc5ccccc54)cc3)nc2-c2ccccc2)cc1. The molecule has 0 saturated heterocycles. The van der Waals surface area contributed by atoms with Crippen LogP contribution in [0.2, 0.25) is 0 Å². The summed E-state index contributed by atoms with van der Waals surface area (Å²) >= 11 is 1.87. The maximum Gasteiger partial charge on any atom is 0.182 e. The van der Waals surface area contributed by atoms with Crippen molar-refractivity contribution in [1.29, 1.82) is 0 Å². The zero-order chi connectivity index (χ0) is 33.1. The lowest BCUT2D eigenvalue weighted by Gasteiger charge is -2.39. The molecule has 2 aliphatic rings. The van der Waals surface area contributed by atoms with Crippen molar-refractivity contribution in [2.24, 2.45) is 0 Å². The molecule has 7 aromatic carbocycles. The fourth-order valence-corrected chi connectivity index (χ4v) is 9.17. The van der Waals surface area contributed by atoms with Crippen LogP contribution in [0.4, 0.5) is 0 Å². The molecule has 0 fully saturated rings. The fourth-order valence-electron chi connectivity index (χ4n) is 7.98. The Balaban J connectivity index is 1.12. The van der Waals surface area contributed by atoms with Gasteiger partial charge in [0.2, 0.25) is 0 Å². The lowest BCUT2D eigenvalue weighted by atomic mass is 9.67.